The predicted octanol–water partition coefficient (Wildman–Crippen LogP) is 5.05. The fourth-order valence-electron chi connectivity index (χ4n) is 3.70. The summed E-state index contributed by atoms with van der Waals surface area (Å²) in [6.07, 6.45) is 3.57. The van der Waals surface area contributed by atoms with Gasteiger partial charge in [0, 0.05) is 24.5 Å². The summed E-state index contributed by atoms with van der Waals surface area (Å²) in [5.74, 6) is -1.65. The molecule has 1 aliphatic heterocycles. The van der Waals surface area contributed by atoms with Crippen molar-refractivity contribution in [1.82, 2.24) is 9.88 Å². The highest BCUT2D eigenvalue weighted by molar-refractivity contribution is 6.46. The highest BCUT2D eigenvalue weighted by Crippen LogP contribution is 2.40. The Labute approximate surface area is 189 Å². The van der Waals surface area contributed by atoms with Gasteiger partial charge in [-0.1, -0.05) is 59.6 Å². The molecule has 0 bridgehead atoms. The molecular formula is C24H18Cl2N2O3. The van der Waals surface area contributed by atoms with Crippen molar-refractivity contribution in [3.8, 4) is 0 Å². The normalized spacial score (nSPS) is 17.9. The van der Waals surface area contributed by atoms with Crippen molar-refractivity contribution >= 4 is 40.7 Å². The second kappa shape index (κ2) is 8.92. The van der Waals surface area contributed by atoms with Crippen LogP contribution in [-0.2, 0) is 16.0 Å². The number of benzene rings is 2. The molecule has 156 valence electrons. The highest BCUT2D eigenvalue weighted by atomic mass is 35.5. The number of likely N-dealkylation sites (tertiary alicyclic amines) is 1. The Hall–Kier alpha value is -3.15. The maximum Gasteiger partial charge on any atom is 0.295 e. The first-order valence-corrected chi connectivity index (χ1v) is 10.4. The molecular weight excluding hydrogens is 435 g/mol. The molecule has 1 aromatic heterocycles. The van der Waals surface area contributed by atoms with Crippen LogP contribution in [0.15, 0.2) is 78.6 Å². The number of rotatable bonds is 5. The van der Waals surface area contributed by atoms with Crippen molar-refractivity contribution < 1.29 is 14.7 Å². The van der Waals surface area contributed by atoms with Crippen LogP contribution in [0.1, 0.15) is 22.7 Å². The molecule has 0 radical (unpaired) electrons. The molecule has 2 heterocycles. The minimum Gasteiger partial charge on any atom is -0.507 e. The molecule has 1 unspecified atom stereocenters. The predicted molar refractivity (Wildman–Crippen MR) is 120 cm³/mol. The number of hydrogen-bond donors (Lipinski definition) is 1. The minimum atomic E-state index is -0.786. The van der Waals surface area contributed by atoms with Crippen molar-refractivity contribution in [1.29, 1.82) is 0 Å². The summed E-state index contributed by atoms with van der Waals surface area (Å²) in [6.45, 7) is 0.298. The van der Waals surface area contributed by atoms with Crippen LogP contribution in [0, 0.1) is 0 Å². The molecule has 1 aliphatic rings. The number of halogens is 2. The van der Waals surface area contributed by atoms with Gasteiger partial charge >= 0.3 is 0 Å². The first-order chi connectivity index (χ1) is 15.0. The van der Waals surface area contributed by atoms with Gasteiger partial charge in [-0.2, -0.15) is 0 Å². The number of Topliss-reactive ketones (excluding diaryl/α,β-unsaturated/α-hetero) is 1. The van der Waals surface area contributed by atoms with Gasteiger partial charge in [-0.3, -0.25) is 14.6 Å². The van der Waals surface area contributed by atoms with Crippen LogP contribution in [0.3, 0.4) is 0 Å². The summed E-state index contributed by atoms with van der Waals surface area (Å²) in [5, 5.41) is 11.6. The lowest BCUT2D eigenvalue weighted by Crippen LogP contribution is -2.31. The van der Waals surface area contributed by atoms with Gasteiger partial charge in [-0.15, -0.1) is 0 Å². The van der Waals surface area contributed by atoms with Crippen LogP contribution >= 0.6 is 23.2 Å². The Kier molecular flexibility index (Phi) is 6.07. The summed E-state index contributed by atoms with van der Waals surface area (Å²) in [5.41, 5.74) is 2.05. The molecule has 1 fully saturated rings. The van der Waals surface area contributed by atoms with Crippen LogP contribution in [0.4, 0.5) is 0 Å². The molecule has 5 nitrogen and oxygen atoms in total. The van der Waals surface area contributed by atoms with Crippen molar-refractivity contribution in [2.45, 2.75) is 12.5 Å². The quantitative estimate of drug-likeness (QED) is 0.333. The standard InChI is InChI=1S/C24H18Cl2N2O3/c25-18-7-6-17(14-19(18)26)21-20(22(29)16-8-11-27-12-9-16)23(30)24(31)28(21)13-10-15-4-2-1-3-5-15/h1-9,11-12,14,21,29H,10,13H2/b22-20+. The molecule has 31 heavy (non-hydrogen) atoms. The lowest BCUT2D eigenvalue weighted by molar-refractivity contribution is -0.139. The first-order valence-electron chi connectivity index (χ1n) is 9.65. The number of hydrogen-bond acceptors (Lipinski definition) is 4. The van der Waals surface area contributed by atoms with Gasteiger partial charge in [-0.25, -0.2) is 0 Å². The monoisotopic (exact) mass is 452 g/mol. The van der Waals surface area contributed by atoms with Crippen LogP contribution < -0.4 is 0 Å². The van der Waals surface area contributed by atoms with Gasteiger partial charge in [0.25, 0.3) is 11.7 Å². The molecule has 3 aromatic rings. The van der Waals surface area contributed by atoms with E-state index in [0.717, 1.165) is 5.56 Å². The largest absolute Gasteiger partial charge is 0.507 e. The van der Waals surface area contributed by atoms with E-state index in [9.17, 15) is 14.7 Å². The highest BCUT2D eigenvalue weighted by Gasteiger charge is 2.45. The molecule has 2 aromatic carbocycles. The van der Waals surface area contributed by atoms with Crippen LogP contribution in [0.25, 0.3) is 5.76 Å². The molecule has 0 aliphatic carbocycles. The molecule has 0 saturated carbocycles. The van der Waals surface area contributed by atoms with E-state index in [1.807, 2.05) is 30.3 Å². The van der Waals surface area contributed by atoms with E-state index in [4.69, 9.17) is 23.2 Å². The van der Waals surface area contributed by atoms with E-state index in [0.29, 0.717) is 34.1 Å². The average Bonchev–Trinajstić information content (AvgIpc) is 3.05. The number of ketones is 1. The van der Waals surface area contributed by atoms with Gasteiger partial charge in [0.2, 0.25) is 0 Å². The lowest BCUT2D eigenvalue weighted by atomic mass is 9.95. The first kappa shape index (κ1) is 21.1. The lowest BCUT2D eigenvalue weighted by Gasteiger charge is -2.25. The third-order valence-corrected chi connectivity index (χ3v) is 5.98. The Morgan fingerprint density at radius 3 is 2.35 bits per heavy atom. The van der Waals surface area contributed by atoms with Gasteiger partial charge in [0.1, 0.15) is 5.76 Å². The number of aromatic nitrogens is 1. The summed E-state index contributed by atoms with van der Waals surface area (Å²) < 4.78 is 0. The SMILES string of the molecule is O=C1C(=O)N(CCc2ccccc2)C(c2ccc(Cl)c(Cl)c2)/C1=C(\O)c1ccncc1. The molecule has 1 atom stereocenters. The molecule has 1 saturated heterocycles. The summed E-state index contributed by atoms with van der Waals surface area (Å²) in [7, 11) is 0. The number of pyridine rings is 1. The molecule has 7 heteroatoms. The second-order valence-corrected chi connectivity index (χ2v) is 7.95. The average molecular weight is 453 g/mol. The smallest absolute Gasteiger partial charge is 0.295 e. The third kappa shape index (κ3) is 4.20. The molecule has 1 N–H and O–H groups in total. The van der Waals surface area contributed by atoms with Gasteiger partial charge in [0.05, 0.1) is 21.7 Å². The fraction of sp³-hybridized carbons (Fsp3) is 0.125. The zero-order chi connectivity index (χ0) is 22.0. The van der Waals surface area contributed by atoms with Gasteiger partial charge < -0.3 is 10.0 Å². The number of aliphatic hydroxyl groups excluding tert-OH is 1. The Morgan fingerprint density at radius 1 is 0.968 bits per heavy atom. The minimum absolute atomic E-state index is 0.0163. The van der Waals surface area contributed by atoms with E-state index >= 15 is 0 Å². The van der Waals surface area contributed by atoms with E-state index in [-0.39, 0.29) is 11.3 Å². The number of nitrogens with zero attached hydrogens (tertiary/aromatic N) is 2. The molecule has 1 amide bonds. The van der Waals surface area contributed by atoms with Crippen LogP contribution in [0.2, 0.25) is 10.0 Å². The number of carbonyl (C=O) groups is 2. The maximum absolute atomic E-state index is 13.0. The van der Waals surface area contributed by atoms with Crippen molar-refractivity contribution in [3.63, 3.8) is 0 Å². The van der Waals surface area contributed by atoms with Crippen molar-refractivity contribution in [2.75, 3.05) is 6.54 Å². The van der Waals surface area contributed by atoms with Gasteiger partial charge in [0.15, 0.2) is 0 Å². The third-order valence-electron chi connectivity index (χ3n) is 5.24. The van der Waals surface area contributed by atoms with Crippen LogP contribution in [0.5, 0.6) is 0 Å². The summed E-state index contributed by atoms with van der Waals surface area (Å²) in [6, 6.07) is 17.0. The second-order valence-electron chi connectivity index (χ2n) is 7.14. The fourth-order valence-corrected chi connectivity index (χ4v) is 4.01. The summed E-state index contributed by atoms with van der Waals surface area (Å²) >= 11 is 12.3. The molecule has 0 spiro atoms. The summed E-state index contributed by atoms with van der Waals surface area (Å²) in [4.78, 5) is 31.4. The Balaban J connectivity index is 1.80. The zero-order valence-electron chi connectivity index (χ0n) is 16.3. The van der Waals surface area contributed by atoms with E-state index in [1.54, 1.807) is 30.3 Å². The van der Waals surface area contributed by atoms with E-state index < -0.39 is 17.7 Å². The Bertz CT molecular complexity index is 1160. The topological polar surface area (TPSA) is 70.5 Å². The number of carbonyl (C=O) groups excluding carboxylic acids is 2. The van der Waals surface area contributed by atoms with E-state index in [2.05, 4.69) is 4.98 Å². The zero-order valence-corrected chi connectivity index (χ0v) is 17.8. The van der Waals surface area contributed by atoms with Gasteiger partial charge in [-0.05, 0) is 41.8 Å². The van der Waals surface area contributed by atoms with Crippen molar-refractivity contribution in [2.24, 2.45) is 0 Å². The van der Waals surface area contributed by atoms with E-state index in [1.165, 1.54) is 17.3 Å². The molecule has 4 rings (SSSR count). The maximum atomic E-state index is 13.0. The van der Waals surface area contributed by atoms with Crippen LogP contribution in [-0.4, -0.2) is 33.2 Å². The number of amides is 1. The Morgan fingerprint density at radius 2 is 1.68 bits per heavy atom. The van der Waals surface area contributed by atoms with Crippen molar-refractivity contribution in [3.05, 3.63) is 105 Å². The number of aliphatic hydroxyl groups is 1.